The predicted molar refractivity (Wildman–Crippen MR) is 64.4 cm³/mol. The quantitative estimate of drug-likeness (QED) is 0.585. The minimum Gasteiger partial charge on any atom is -0.381 e. The minimum absolute atomic E-state index is 0.660. The maximum Gasteiger partial charge on any atom is 0.500 e. The van der Waals surface area contributed by atoms with Crippen molar-refractivity contribution >= 4 is 8.80 Å². The van der Waals surface area contributed by atoms with E-state index in [1.807, 2.05) is 20.8 Å². The van der Waals surface area contributed by atoms with Crippen molar-refractivity contribution in [3.63, 3.8) is 0 Å². The molecule has 0 amide bonds. The first-order valence-corrected chi connectivity index (χ1v) is 8.19. The first kappa shape index (κ1) is 14.1. The van der Waals surface area contributed by atoms with Gasteiger partial charge in [-0.3, -0.25) is 0 Å². The van der Waals surface area contributed by atoms with Gasteiger partial charge in [0.15, 0.2) is 0 Å². The van der Waals surface area contributed by atoms with Gasteiger partial charge in [0.05, 0.1) is 13.2 Å². The molecule has 1 rings (SSSR count). The molecule has 1 heterocycles. The topological polar surface area (TPSA) is 36.9 Å². The van der Waals surface area contributed by atoms with E-state index in [-0.39, 0.29) is 0 Å². The molecule has 0 spiro atoms. The Morgan fingerprint density at radius 3 is 1.81 bits per heavy atom. The first-order valence-electron chi connectivity index (χ1n) is 6.26. The fourth-order valence-corrected chi connectivity index (χ4v) is 4.60. The van der Waals surface area contributed by atoms with Gasteiger partial charge in [-0.2, -0.15) is 0 Å². The molecule has 1 saturated heterocycles. The van der Waals surface area contributed by atoms with E-state index in [1.54, 1.807) is 0 Å². The van der Waals surface area contributed by atoms with Gasteiger partial charge in [0.2, 0.25) is 0 Å². The second-order valence-electron chi connectivity index (χ2n) is 3.92. The van der Waals surface area contributed by atoms with E-state index in [4.69, 9.17) is 18.0 Å². The second-order valence-corrected chi connectivity index (χ2v) is 6.66. The van der Waals surface area contributed by atoms with Crippen LogP contribution in [0.25, 0.3) is 0 Å². The molecule has 0 unspecified atom stereocenters. The second kappa shape index (κ2) is 7.40. The lowest BCUT2D eigenvalue weighted by atomic mass is 10.1. The molecule has 4 nitrogen and oxygen atoms in total. The molecule has 0 N–H and O–H groups in total. The Balaban J connectivity index is 2.43. The van der Waals surface area contributed by atoms with Crippen molar-refractivity contribution in [2.75, 3.05) is 33.0 Å². The third-order valence-electron chi connectivity index (χ3n) is 2.66. The van der Waals surface area contributed by atoms with E-state index in [0.29, 0.717) is 25.7 Å². The van der Waals surface area contributed by atoms with E-state index in [0.717, 1.165) is 25.7 Å². The smallest absolute Gasteiger partial charge is 0.381 e. The average Bonchev–Trinajstić information content (AvgIpc) is 2.16. The van der Waals surface area contributed by atoms with Crippen LogP contribution in [0.1, 0.15) is 27.2 Å². The maximum atomic E-state index is 5.78. The number of ether oxygens (including phenoxy) is 1. The molecule has 0 aliphatic carbocycles. The Morgan fingerprint density at radius 1 is 1.00 bits per heavy atom. The highest BCUT2D eigenvalue weighted by Crippen LogP contribution is 2.24. The molecule has 0 aromatic rings. The highest BCUT2D eigenvalue weighted by Gasteiger charge is 2.41. The highest BCUT2D eigenvalue weighted by molar-refractivity contribution is 6.60. The standard InChI is InChI=1S/C11H24O4Si/c1-4-13-16(14-5-2,15-6-3)8-7-11-9-12-10-11/h11H,4-10H2,1-3H3. The summed E-state index contributed by atoms with van der Waals surface area (Å²) in [6.07, 6.45) is 1.09. The summed E-state index contributed by atoms with van der Waals surface area (Å²) in [6, 6.07) is 0.913. The summed E-state index contributed by atoms with van der Waals surface area (Å²) < 4.78 is 22.5. The summed E-state index contributed by atoms with van der Waals surface area (Å²) in [7, 11) is -2.40. The van der Waals surface area contributed by atoms with Crippen LogP contribution >= 0.6 is 0 Å². The molecule has 1 aliphatic rings. The van der Waals surface area contributed by atoms with Crippen LogP contribution in [0.15, 0.2) is 0 Å². The Kier molecular flexibility index (Phi) is 6.53. The molecule has 1 fully saturated rings. The Labute approximate surface area is 99.6 Å². The van der Waals surface area contributed by atoms with Crippen molar-refractivity contribution < 1.29 is 18.0 Å². The zero-order valence-corrected chi connectivity index (χ0v) is 11.7. The van der Waals surface area contributed by atoms with Gasteiger partial charge in [0, 0.05) is 31.8 Å². The van der Waals surface area contributed by atoms with E-state index in [1.165, 1.54) is 0 Å². The van der Waals surface area contributed by atoms with E-state index < -0.39 is 8.80 Å². The molecule has 0 saturated carbocycles. The third-order valence-corrected chi connectivity index (χ3v) is 5.75. The van der Waals surface area contributed by atoms with Crippen LogP contribution < -0.4 is 0 Å². The Bertz CT molecular complexity index is 168. The normalized spacial score (nSPS) is 17.4. The van der Waals surface area contributed by atoms with Gasteiger partial charge in [-0.25, -0.2) is 0 Å². The van der Waals surface area contributed by atoms with Crippen LogP contribution in [0.4, 0.5) is 0 Å². The van der Waals surface area contributed by atoms with Crippen LogP contribution in [0.5, 0.6) is 0 Å². The number of hydrogen-bond acceptors (Lipinski definition) is 4. The van der Waals surface area contributed by atoms with E-state index in [2.05, 4.69) is 0 Å². The Morgan fingerprint density at radius 2 is 1.50 bits per heavy atom. The zero-order valence-electron chi connectivity index (χ0n) is 10.7. The summed E-state index contributed by atoms with van der Waals surface area (Å²) in [5, 5.41) is 0. The largest absolute Gasteiger partial charge is 0.500 e. The third kappa shape index (κ3) is 4.14. The monoisotopic (exact) mass is 248 g/mol. The summed E-state index contributed by atoms with van der Waals surface area (Å²) in [5.41, 5.74) is 0. The summed E-state index contributed by atoms with van der Waals surface area (Å²) in [6.45, 7) is 9.72. The van der Waals surface area contributed by atoms with Crippen LogP contribution in [0, 0.1) is 5.92 Å². The average molecular weight is 248 g/mol. The van der Waals surface area contributed by atoms with Gasteiger partial charge < -0.3 is 18.0 Å². The number of rotatable bonds is 9. The van der Waals surface area contributed by atoms with E-state index >= 15 is 0 Å². The van der Waals surface area contributed by atoms with Crippen molar-refractivity contribution in [3.8, 4) is 0 Å². The van der Waals surface area contributed by atoms with Gasteiger partial charge in [-0.15, -0.1) is 0 Å². The SMILES string of the molecule is CCO[Si](CCC1COC1)(OCC)OCC. The molecular weight excluding hydrogens is 224 g/mol. The molecule has 1 aliphatic heterocycles. The van der Waals surface area contributed by atoms with Crippen molar-refractivity contribution in [2.24, 2.45) is 5.92 Å². The minimum atomic E-state index is -2.40. The first-order chi connectivity index (χ1) is 7.76. The van der Waals surface area contributed by atoms with Crippen LogP contribution in [0.3, 0.4) is 0 Å². The predicted octanol–water partition coefficient (Wildman–Crippen LogP) is 2.07. The summed E-state index contributed by atoms with van der Waals surface area (Å²) >= 11 is 0. The van der Waals surface area contributed by atoms with Gasteiger partial charge in [-0.1, -0.05) is 0 Å². The lowest BCUT2D eigenvalue weighted by Gasteiger charge is -2.32. The van der Waals surface area contributed by atoms with Crippen molar-refractivity contribution in [1.29, 1.82) is 0 Å². The maximum absolute atomic E-state index is 5.78. The zero-order chi connectivity index (χ0) is 11.9. The highest BCUT2D eigenvalue weighted by atomic mass is 28.4. The fraction of sp³-hybridized carbons (Fsp3) is 1.00. The molecule has 0 atom stereocenters. The van der Waals surface area contributed by atoms with Crippen LogP contribution in [-0.4, -0.2) is 41.8 Å². The lowest BCUT2D eigenvalue weighted by molar-refractivity contribution is -0.0361. The lowest BCUT2D eigenvalue weighted by Crippen LogP contribution is -2.47. The van der Waals surface area contributed by atoms with Crippen molar-refractivity contribution in [1.82, 2.24) is 0 Å². The van der Waals surface area contributed by atoms with Crippen molar-refractivity contribution in [2.45, 2.75) is 33.2 Å². The summed E-state index contributed by atoms with van der Waals surface area (Å²) in [5.74, 6) is 0.674. The molecule has 96 valence electrons. The molecule has 16 heavy (non-hydrogen) atoms. The molecule has 0 radical (unpaired) electrons. The van der Waals surface area contributed by atoms with Gasteiger partial charge in [0.1, 0.15) is 0 Å². The van der Waals surface area contributed by atoms with Gasteiger partial charge in [0.25, 0.3) is 0 Å². The summed E-state index contributed by atoms with van der Waals surface area (Å²) in [4.78, 5) is 0. The molecule has 0 aromatic heterocycles. The van der Waals surface area contributed by atoms with Gasteiger partial charge >= 0.3 is 8.80 Å². The Hall–Kier alpha value is 0.0569. The molecule has 5 heteroatoms. The molecule has 0 bridgehead atoms. The molecule has 0 aromatic carbocycles. The van der Waals surface area contributed by atoms with Crippen LogP contribution in [-0.2, 0) is 18.0 Å². The van der Waals surface area contributed by atoms with E-state index in [9.17, 15) is 0 Å². The number of hydrogen-bond donors (Lipinski definition) is 0. The molecular formula is C11H24O4Si. The van der Waals surface area contributed by atoms with Crippen LogP contribution in [0.2, 0.25) is 6.04 Å². The fourth-order valence-electron chi connectivity index (χ4n) is 1.83. The van der Waals surface area contributed by atoms with Gasteiger partial charge in [-0.05, 0) is 27.2 Å². The van der Waals surface area contributed by atoms with Crippen molar-refractivity contribution in [3.05, 3.63) is 0 Å².